The highest BCUT2D eigenvalue weighted by Crippen LogP contribution is 2.32. The van der Waals surface area contributed by atoms with Gasteiger partial charge in [0, 0.05) is 37.0 Å². The molecule has 2 aromatic heterocycles. The molecule has 0 bridgehead atoms. The maximum atomic E-state index is 13.2. The van der Waals surface area contributed by atoms with E-state index in [0.29, 0.717) is 17.3 Å². The largest absolute Gasteiger partial charge is 0.497 e. The monoisotopic (exact) mass is 444 g/mol. The molecule has 166 valence electrons. The number of aromatic amines is 1. The van der Waals surface area contributed by atoms with Crippen LogP contribution in [0.3, 0.4) is 0 Å². The minimum atomic E-state index is -4.61. The Morgan fingerprint density at radius 3 is 2.72 bits per heavy atom. The summed E-state index contributed by atoms with van der Waals surface area (Å²) in [4.78, 5) is 21.3. The molecule has 1 N–H and O–H groups in total. The number of alkyl halides is 3. The second-order valence-electron chi connectivity index (χ2n) is 7.17. The first kappa shape index (κ1) is 21.4. The molecule has 2 aromatic carbocycles. The summed E-state index contributed by atoms with van der Waals surface area (Å²) >= 11 is 0. The fraction of sp³-hybridized carbons (Fsp3) is 0.227. The minimum absolute atomic E-state index is 0.119. The maximum Gasteiger partial charge on any atom is 0.417 e. The number of rotatable bonds is 6. The van der Waals surface area contributed by atoms with Crippen LogP contribution in [-0.2, 0) is 12.6 Å². The lowest BCUT2D eigenvalue weighted by atomic mass is 10.1. The summed E-state index contributed by atoms with van der Waals surface area (Å²) < 4.78 is 50.1. The molecule has 4 rings (SSSR count). The van der Waals surface area contributed by atoms with Crippen molar-refractivity contribution >= 4 is 16.8 Å². The second kappa shape index (κ2) is 8.37. The predicted octanol–water partition coefficient (Wildman–Crippen LogP) is 4.56. The third kappa shape index (κ3) is 4.29. The summed E-state index contributed by atoms with van der Waals surface area (Å²) in [5.41, 5.74) is 0.0993. The van der Waals surface area contributed by atoms with Gasteiger partial charge in [-0.15, -0.1) is 0 Å². The average Bonchev–Trinajstić information content (AvgIpc) is 3.42. The molecule has 1 amide bonds. The predicted molar refractivity (Wildman–Crippen MR) is 110 cm³/mol. The third-order valence-electron chi connectivity index (χ3n) is 5.01. The molecule has 10 heteroatoms. The Kier molecular flexibility index (Phi) is 5.60. The summed E-state index contributed by atoms with van der Waals surface area (Å²) in [6.45, 7) is 0.119. The summed E-state index contributed by atoms with van der Waals surface area (Å²) in [5, 5.41) is 4.85. The molecule has 2 heterocycles. The molecule has 0 saturated heterocycles. The number of likely N-dealkylation sites (N-methyl/N-ethyl adjacent to an activating group) is 1. The fourth-order valence-electron chi connectivity index (χ4n) is 3.30. The molecule has 0 radical (unpaired) electrons. The van der Waals surface area contributed by atoms with E-state index in [4.69, 9.17) is 9.26 Å². The van der Waals surface area contributed by atoms with Gasteiger partial charge in [-0.1, -0.05) is 17.3 Å². The highest BCUT2D eigenvalue weighted by molar-refractivity contribution is 5.95. The van der Waals surface area contributed by atoms with E-state index in [2.05, 4.69) is 15.1 Å². The molecule has 7 nitrogen and oxygen atoms in total. The Morgan fingerprint density at radius 2 is 1.97 bits per heavy atom. The molecule has 0 aliphatic heterocycles. The van der Waals surface area contributed by atoms with Crippen LogP contribution in [0.2, 0.25) is 0 Å². The van der Waals surface area contributed by atoms with Crippen LogP contribution in [0.25, 0.3) is 22.5 Å². The highest BCUT2D eigenvalue weighted by atomic mass is 19.4. The zero-order valence-corrected chi connectivity index (χ0v) is 17.2. The van der Waals surface area contributed by atoms with Crippen LogP contribution in [0.15, 0.2) is 53.1 Å². The lowest BCUT2D eigenvalue weighted by Crippen LogP contribution is -2.30. The first-order valence-electron chi connectivity index (χ1n) is 9.67. The Hall–Kier alpha value is -3.82. The van der Waals surface area contributed by atoms with Crippen LogP contribution in [0.1, 0.15) is 21.7 Å². The van der Waals surface area contributed by atoms with Crippen molar-refractivity contribution in [2.75, 3.05) is 20.7 Å². The van der Waals surface area contributed by atoms with Crippen LogP contribution in [-0.4, -0.2) is 46.6 Å². The number of carbonyl (C=O) groups excluding carboxylic acids is 1. The number of H-pyrrole nitrogens is 1. The van der Waals surface area contributed by atoms with Crippen LogP contribution >= 0.6 is 0 Å². The van der Waals surface area contributed by atoms with Gasteiger partial charge in [-0.25, -0.2) is 0 Å². The van der Waals surface area contributed by atoms with Crippen LogP contribution in [0.5, 0.6) is 5.75 Å². The molecule has 0 atom stereocenters. The Balaban J connectivity index is 1.45. The molecule has 0 unspecified atom stereocenters. The van der Waals surface area contributed by atoms with Crippen LogP contribution < -0.4 is 4.74 Å². The lowest BCUT2D eigenvalue weighted by Gasteiger charge is -2.19. The van der Waals surface area contributed by atoms with E-state index in [1.165, 1.54) is 30.1 Å². The number of methoxy groups -OCH3 is 1. The molecular formula is C22H19F3N4O3. The van der Waals surface area contributed by atoms with Crippen molar-refractivity contribution in [3.05, 3.63) is 65.5 Å². The van der Waals surface area contributed by atoms with Crippen molar-refractivity contribution in [3.63, 3.8) is 0 Å². The van der Waals surface area contributed by atoms with Gasteiger partial charge >= 0.3 is 6.18 Å². The van der Waals surface area contributed by atoms with E-state index in [9.17, 15) is 18.0 Å². The molecule has 0 fully saturated rings. The van der Waals surface area contributed by atoms with E-state index in [0.717, 1.165) is 17.0 Å². The number of nitrogens with one attached hydrogen (secondary N) is 1. The standard InChI is InChI=1S/C22H19F3N4O3/c1-29(21(30)15-5-3-4-6-16(15)22(23,24)25)10-9-19-27-20(32-28-19)18-11-13-7-8-14(31-2)12-17(13)26-18/h3-8,11-12,26H,9-10H2,1-2H3. The summed E-state index contributed by atoms with van der Waals surface area (Å²) in [7, 11) is 3.01. The highest BCUT2D eigenvalue weighted by Gasteiger charge is 2.35. The van der Waals surface area contributed by atoms with Crippen molar-refractivity contribution in [1.29, 1.82) is 0 Å². The summed E-state index contributed by atoms with van der Waals surface area (Å²) in [6.07, 6.45) is -4.40. The first-order chi connectivity index (χ1) is 15.3. The lowest BCUT2D eigenvalue weighted by molar-refractivity contribution is -0.138. The van der Waals surface area contributed by atoms with E-state index in [-0.39, 0.29) is 18.9 Å². The van der Waals surface area contributed by atoms with Gasteiger partial charge in [-0.2, -0.15) is 18.2 Å². The SMILES string of the molecule is COc1ccc2cc(-c3nc(CCN(C)C(=O)c4ccccc4C(F)(F)F)no3)[nH]c2c1. The number of halogens is 3. The van der Waals surface area contributed by atoms with Crippen molar-refractivity contribution in [3.8, 4) is 17.3 Å². The van der Waals surface area contributed by atoms with Gasteiger partial charge in [0.15, 0.2) is 5.82 Å². The first-order valence-corrected chi connectivity index (χ1v) is 9.67. The minimum Gasteiger partial charge on any atom is -0.497 e. The number of amides is 1. The van der Waals surface area contributed by atoms with E-state index in [1.54, 1.807) is 7.11 Å². The number of aromatic nitrogens is 3. The van der Waals surface area contributed by atoms with Gasteiger partial charge in [0.2, 0.25) is 0 Å². The van der Waals surface area contributed by atoms with Gasteiger partial charge < -0.3 is 19.1 Å². The van der Waals surface area contributed by atoms with Gasteiger partial charge in [-0.05, 0) is 30.3 Å². The Morgan fingerprint density at radius 1 is 1.19 bits per heavy atom. The molecular weight excluding hydrogens is 425 g/mol. The molecule has 32 heavy (non-hydrogen) atoms. The number of nitrogens with zero attached hydrogens (tertiary/aromatic N) is 3. The smallest absolute Gasteiger partial charge is 0.417 e. The van der Waals surface area contributed by atoms with Gasteiger partial charge in [-0.3, -0.25) is 4.79 Å². The van der Waals surface area contributed by atoms with Gasteiger partial charge in [0.1, 0.15) is 11.4 Å². The molecule has 0 aliphatic carbocycles. The third-order valence-corrected chi connectivity index (χ3v) is 5.01. The number of fused-ring (bicyclic) bond motifs is 1. The number of hydrogen-bond acceptors (Lipinski definition) is 5. The van der Waals surface area contributed by atoms with Crippen LogP contribution in [0.4, 0.5) is 13.2 Å². The number of ether oxygens (including phenoxy) is 1. The van der Waals surface area contributed by atoms with Crippen LogP contribution in [0, 0.1) is 0 Å². The molecule has 0 aliphatic rings. The van der Waals surface area contributed by atoms with Gasteiger partial charge in [0.05, 0.1) is 18.2 Å². The van der Waals surface area contributed by atoms with Crippen molar-refractivity contribution in [2.45, 2.75) is 12.6 Å². The topological polar surface area (TPSA) is 84.2 Å². The summed E-state index contributed by atoms with van der Waals surface area (Å²) in [5.74, 6) is 0.578. The van der Waals surface area contributed by atoms with Crippen molar-refractivity contribution in [2.24, 2.45) is 0 Å². The molecule has 0 spiro atoms. The fourth-order valence-corrected chi connectivity index (χ4v) is 3.30. The number of hydrogen-bond donors (Lipinski definition) is 1. The van der Waals surface area contributed by atoms with E-state index >= 15 is 0 Å². The summed E-state index contributed by atoms with van der Waals surface area (Å²) in [6, 6.07) is 12.1. The van der Waals surface area contributed by atoms with E-state index in [1.807, 2.05) is 24.3 Å². The van der Waals surface area contributed by atoms with Gasteiger partial charge in [0.25, 0.3) is 11.8 Å². The number of benzene rings is 2. The molecule has 4 aromatic rings. The second-order valence-corrected chi connectivity index (χ2v) is 7.17. The zero-order chi connectivity index (χ0) is 22.9. The molecule has 0 saturated carbocycles. The normalized spacial score (nSPS) is 11.7. The van der Waals surface area contributed by atoms with Crippen molar-refractivity contribution < 1.29 is 27.2 Å². The average molecular weight is 444 g/mol. The quantitative estimate of drug-likeness (QED) is 0.471. The zero-order valence-electron chi connectivity index (χ0n) is 17.2. The van der Waals surface area contributed by atoms with E-state index < -0.39 is 23.2 Å². The number of carbonyl (C=O) groups is 1. The Bertz CT molecular complexity index is 1260. The van der Waals surface area contributed by atoms with Crippen molar-refractivity contribution in [1.82, 2.24) is 20.0 Å². The Labute approximate surface area is 180 Å². The maximum absolute atomic E-state index is 13.2.